The van der Waals surface area contributed by atoms with Crippen LogP contribution in [-0.2, 0) is 14.4 Å². The molecule has 0 radical (unpaired) electrons. The Bertz CT molecular complexity index is 523. The molecule has 0 spiro atoms. The van der Waals surface area contributed by atoms with Crippen LogP contribution < -0.4 is 5.32 Å². The van der Waals surface area contributed by atoms with Crippen molar-refractivity contribution in [3.8, 4) is 0 Å². The molecule has 0 aromatic carbocycles. The Hall–Kier alpha value is -1.65. The van der Waals surface area contributed by atoms with Crippen LogP contribution >= 0.6 is 0 Å². The average molecular weight is 332 g/mol. The van der Waals surface area contributed by atoms with E-state index in [0.717, 1.165) is 25.7 Å². The lowest BCUT2D eigenvalue weighted by Crippen LogP contribution is -2.52. The zero-order valence-electron chi connectivity index (χ0n) is 14.7. The van der Waals surface area contributed by atoms with Crippen molar-refractivity contribution in [3.05, 3.63) is 12.2 Å². The summed E-state index contributed by atoms with van der Waals surface area (Å²) >= 11 is 0. The number of likely N-dealkylation sites (tertiary alicyclic amines) is 1. The molecule has 0 aromatic heterocycles. The Kier molecular flexibility index (Phi) is 5.07. The van der Waals surface area contributed by atoms with Crippen LogP contribution in [0.25, 0.3) is 0 Å². The molecular weight excluding hydrogens is 304 g/mol. The third-order valence-corrected chi connectivity index (χ3v) is 5.55. The van der Waals surface area contributed by atoms with Gasteiger partial charge in [0.2, 0.25) is 17.7 Å². The summed E-state index contributed by atoms with van der Waals surface area (Å²) in [5.41, 5.74) is 0. The number of carbonyl (C=O) groups is 3. The quantitative estimate of drug-likeness (QED) is 0.621. The van der Waals surface area contributed by atoms with Crippen LogP contribution in [0.4, 0.5) is 0 Å². The lowest BCUT2D eigenvalue weighted by molar-refractivity contribution is -0.148. The van der Waals surface area contributed by atoms with Crippen molar-refractivity contribution >= 4 is 17.7 Å². The van der Waals surface area contributed by atoms with Crippen LogP contribution in [-0.4, -0.2) is 34.7 Å². The fraction of sp³-hybridized carbons (Fsp3) is 0.737. The molecule has 3 atom stereocenters. The highest BCUT2D eigenvalue weighted by atomic mass is 16.2. The Labute approximate surface area is 143 Å². The molecule has 1 N–H and O–H groups in total. The van der Waals surface area contributed by atoms with Gasteiger partial charge in [-0.3, -0.25) is 19.3 Å². The molecule has 24 heavy (non-hydrogen) atoms. The van der Waals surface area contributed by atoms with Gasteiger partial charge in [-0.05, 0) is 38.0 Å². The Balaban J connectivity index is 1.78. The van der Waals surface area contributed by atoms with E-state index >= 15 is 0 Å². The molecule has 1 heterocycles. The summed E-state index contributed by atoms with van der Waals surface area (Å²) in [5.74, 6) is -0.745. The molecule has 0 bridgehead atoms. The van der Waals surface area contributed by atoms with Crippen molar-refractivity contribution in [1.29, 1.82) is 0 Å². The van der Waals surface area contributed by atoms with E-state index in [-0.39, 0.29) is 41.5 Å². The van der Waals surface area contributed by atoms with Crippen molar-refractivity contribution < 1.29 is 14.4 Å². The standard InChI is InChI=1S/C19H28N2O3/c1-12(2)11-16(17(22)20-13-7-3-4-8-13)21-18(23)14-9-5-6-10-15(14)19(21)24/h5-6,12-16H,3-4,7-11H2,1-2H3,(H,20,22)/t14-,15-,16-/m1/s1. The second-order valence-electron chi connectivity index (χ2n) is 7.84. The minimum absolute atomic E-state index is 0.149. The number of fused-ring (bicyclic) bond motifs is 1. The Morgan fingerprint density at radius 3 is 2.17 bits per heavy atom. The number of hydrogen-bond acceptors (Lipinski definition) is 3. The van der Waals surface area contributed by atoms with E-state index < -0.39 is 6.04 Å². The van der Waals surface area contributed by atoms with E-state index in [0.29, 0.717) is 19.3 Å². The molecular formula is C19H28N2O3. The van der Waals surface area contributed by atoms with Crippen molar-refractivity contribution in [1.82, 2.24) is 10.2 Å². The number of hydrogen-bond donors (Lipinski definition) is 1. The first-order valence-corrected chi connectivity index (χ1v) is 9.31. The monoisotopic (exact) mass is 332 g/mol. The van der Waals surface area contributed by atoms with Gasteiger partial charge in [0.05, 0.1) is 11.8 Å². The summed E-state index contributed by atoms with van der Waals surface area (Å²) in [7, 11) is 0. The van der Waals surface area contributed by atoms with E-state index in [1.54, 1.807) is 0 Å². The average Bonchev–Trinajstić information content (AvgIpc) is 3.14. The van der Waals surface area contributed by atoms with Crippen LogP contribution in [0, 0.1) is 17.8 Å². The van der Waals surface area contributed by atoms with Gasteiger partial charge >= 0.3 is 0 Å². The molecule has 2 fully saturated rings. The molecule has 3 amide bonds. The number of carbonyl (C=O) groups excluding carboxylic acids is 3. The van der Waals surface area contributed by atoms with Gasteiger partial charge in [-0.25, -0.2) is 0 Å². The molecule has 1 saturated heterocycles. The summed E-state index contributed by atoms with van der Waals surface area (Å²) in [4.78, 5) is 39.8. The topological polar surface area (TPSA) is 66.5 Å². The third kappa shape index (κ3) is 3.26. The van der Waals surface area contributed by atoms with Gasteiger partial charge in [0.15, 0.2) is 0 Å². The summed E-state index contributed by atoms with van der Waals surface area (Å²) < 4.78 is 0. The second-order valence-corrected chi connectivity index (χ2v) is 7.84. The van der Waals surface area contributed by atoms with Gasteiger partial charge in [0, 0.05) is 6.04 Å². The molecule has 3 aliphatic rings. The summed E-state index contributed by atoms with van der Waals surface area (Å²) in [5, 5.41) is 3.08. The van der Waals surface area contributed by atoms with Crippen LogP contribution in [0.3, 0.4) is 0 Å². The normalized spacial score (nSPS) is 28.5. The molecule has 1 saturated carbocycles. The molecule has 3 rings (SSSR count). The molecule has 5 nitrogen and oxygen atoms in total. The predicted molar refractivity (Wildman–Crippen MR) is 90.8 cm³/mol. The highest BCUT2D eigenvalue weighted by Gasteiger charge is 2.51. The zero-order chi connectivity index (χ0) is 17.3. The van der Waals surface area contributed by atoms with E-state index in [1.807, 2.05) is 26.0 Å². The van der Waals surface area contributed by atoms with Crippen molar-refractivity contribution in [2.24, 2.45) is 17.8 Å². The van der Waals surface area contributed by atoms with E-state index in [9.17, 15) is 14.4 Å². The smallest absolute Gasteiger partial charge is 0.243 e. The fourth-order valence-corrected chi connectivity index (χ4v) is 4.28. The summed E-state index contributed by atoms with van der Waals surface area (Å²) in [6.45, 7) is 4.05. The maximum atomic E-state index is 12.8. The van der Waals surface area contributed by atoms with Crippen LogP contribution in [0.1, 0.15) is 58.8 Å². The predicted octanol–water partition coefficient (Wildman–Crippen LogP) is 2.41. The molecule has 0 aromatic rings. The summed E-state index contributed by atoms with van der Waals surface area (Å²) in [6.07, 6.45) is 9.98. The molecule has 2 aliphatic carbocycles. The summed E-state index contributed by atoms with van der Waals surface area (Å²) in [6, 6.07) is -0.458. The lowest BCUT2D eigenvalue weighted by atomic mass is 9.85. The van der Waals surface area contributed by atoms with Crippen molar-refractivity contribution in [2.45, 2.75) is 70.9 Å². The highest BCUT2D eigenvalue weighted by molar-refractivity contribution is 6.08. The molecule has 132 valence electrons. The first kappa shape index (κ1) is 17.2. The minimum Gasteiger partial charge on any atom is -0.352 e. The SMILES string of the molecule is CC(C)C[C@H](C(=O)NC1CCCC1)N1C(=O)[C@@H]2CC=CC[C@H]2C1=O. The zero-order valence-corrected chi connectivity index (χ0v) is 14.7. The number of amides is 3. The van der Waals surface area contributed by atoms with E-state index in [2.05, 4.69) is 5.32 Å². The van der Waals surface area contributed by atoms with Gasteiger partial charge in [0.25, 0.3) is 0 Å². The Morgan fingerprint density at radius 1 is 1.12 bits per heavy atom. The van der Waals surface area contributed by atoms with Crippen molar-refractivity contribution in [2.75, 3.05) is 0 Å². The van der Waals surface area contributed by atoms with E-state index in [1.165, 1.54) is 4.90 Å². The van der Waals surface area contributed by atoms with Gasteiger partial charge in [0.1, 0.15) is 6.04 Å². The van der Waals surface area contributed by atoms with Crippen LogP contribution in [0.5, 0.6) is 0 Å². The highest BCUT2D eigenvalue weighted by Crippen LogP contribution is 2.37. The second kappa shape index (κ2) is 7.08. The fourth-order valence-electron chi connectivity index (χ4n) is 4.28. The first-order chi connectivity index (χ1) is 11.5. The maximum Gasteiger partial charge on any atom is 0.243 e. The van der Waals surface area contributed by atoms with Gasteiger partial charge < -0.3 is 5.32 Å². The minimum atomic E-state index is -0.656. The first-order valence-electron chi connectivity index (χ1n) is 9.31. The largest absolute Gasteiger partial charge is 0.352 e. The van der Waals surface area contributed by atoms with Crippen LogP contribution in [0.15, 0.2) is 12.2 Å². The number of rotatable bonds is 5. The lowest BCUT2D eigenvalue weighted by Gasteiger charge is -2.28. The molecule has 5 heteroatoms. The van der Waals surface area contributed by atoms with Crippen molar-refractivity contribution in [3.63, 3.8) is 0 Å². The van der Waals surface area contributed by atoms with Gasteiger partial charge in [-0.1, -0.05) is 38.8 Å². The van der Waals surface area contributed by atoms with Gasteiger partial charge in [-0.2, -0.15) is 0 Å². The third-order valence-electron chi connectivity index (χ3n) is 5.55. The number of imide groups is 1. The number of nitrogens with one attached hydrogen (secondary N) is 1. The van der Waals surface area contributed by atoms with Crippen LogP contribution in [0.2, 0.25) is 0 Å². The molecule has 0 unspecified atom stereocenters. The number of allylic oxidation sites excluding steroid dienone is 2. The Morgan fingerprint density at radius 2 is 1.67 bits per heavy atom. The van der Waals surface area contributed by atoms with Gasteiger partial charge in [-0.15, -0.1) is 0 Å². The molecule has 1 aliphatic heterocycles. The number of nitrogens with zero attached hydrogens (tertiary/aromatic N) is 1. The van der Waals surface area contributed by atoms with E-state index in [4.69, 9.17) is 0 Å². The maximum absolute atomic E-state index is 12.8.